The van der Waals surface area contributed by atoms with Gasteiger partial charge in [0.25, 0.3) is 0 Å². The van der Waals surface area contributed by atoms with Crippen molar-refractivity contribution in [3.63, 3.8) is 0 Å². The lowest BCUT2D eigenvalue weighted by Gasteiger charge is -2.17. The van der Waals surface area contributed by atoms with Crippen LogP contribution in [0, 0.1) is 0 Å². The van der Waals surface area contributed by atoms with E-state index < -0.39 is 27.8 Å². The Labute approximate surface area is 133 Å². The van der Waals surface area contributed by atoms with E-state index in [9.17, 15) is 18.0 Å². The molecule has 0 spiro atoms. The fraction of sp³-hybridized carbons (Fsp3) is 0.385. The van der Waals surface area contributed by atoms with Gasteiger partial charge in [0, 0.05) is 11.9 Å². The minimum absolute atomic E-state index is 0.105. The van der Waals surface area contributed by atoms with Crippen molar-refractivity contribution in [2.45, 2.75) is 17.4 Å². The number of hydrogen-bond acceptors (Lipinski definition) is 5. The third-order valence-electron chi connectivity index (χ3n) is 2.77. The molecule has 0 unspecified atom stereocenters. The quantitative estimate of drug-likeness (QED) is 0.676. The van der Waals surface area contributed by atoms with Gasteiger partial charge in [0.1, 0.15) is 6.04 Å². The second kappa shape index (κ2) is 8.04. The number of nitrogens with one attached hydrogen (secondary N) is 2. The lowest BCUT2D eigenvalue weighted by molar-refractivity contribution is -0.117. The van der Waals surface area contributed by atoms with E-state index in [1.165, 1.54) is 30.0 Å². The van der Waals surface area contributed by atoms with Crippen LogP contribution in [0.3, 0.4) is 0 Å². The van der Waals surface area contributed by atoms with Crippen molar-refractivity contribution in [3.8, 4) is 0 Å². The third-order valence-corrected chi connectivity index (χ3v) is 4.53. The molecule has 0 aliphatic heterocycles. The number of nitrogens with two attached hydrogens (primary N) is 1. The number of carbonyl (C=O) groups excluding carboxylic acids is 2. The molecule has 22 heavy (non-hydrogen) atoms. The number of primary amides is 1. The van der Waals surface area contributed by atoms with Crippen LogP contribution in [-0.2, 0) is 14.6 Å². The zero-order valence-electron chi connectivity index (χ0n) is 12.3. The molecule has 1 aromatic rings. The first kappa shape index (κ1) is 18.3. The number of carbonyl (C=O) groups is 2. The topological polar surface area (TPSA) is 118 Å². The highest BCUT2D eigenvalue weighted by atomic mass is 32.2. The first-order valence-corrected chi connectivity index (χ1v) is 9.68. The number of urea groups is 1. The first-order valence-electron chi connectivity index (χ1n) is 6.40. The second-order valence-electron chi connectivity index (χ2n) is 4.63. The maximum Gasteiger partial charge on any atom is 0.312 e. The predicted octanol–water partition coefficient (Wildman–Crippen LogP) is 0.819. The third kappa shape index (κ3) is 5.94. The normalized spacial score (nSPS) is 12.5. The van der Waals surface area contributed by atoms with Gasteiger partial charge in [-0.2, -0.15) is 11.8 Å². The Kier molecular flexibility index (Phi) is 6.69. The molecule has 0 radical (unpaired) electrons. The SMILES string of the molecule is CSCC[C@H](NC(N)=O)C(=O)Nc1cccc(S(C)(=O)=O)c1. The predicted molar refractivity (Wildman–Crippen MR) is 87.7 cm³/mol. The van der Waals surface area contributed by atoms with Crippen LogP contribution >= 0.6 is 11.8 Å². The van der Waals surface area contributed by atoms with Crippen molar-refractivity contribution >= 4 is 39.2 Å². The maximum atomic E-state index is 12.2. The molecule has 4 N–H and O–H groups in total. The number of amides is 3. The molecule has 1 rings (SSSR count). The van der Waals surface area contributed by atoms with Crippen molar-refractivity contribution in [2.24, 2.45) is 5.73 Å². The highest BCUT2D eigenvalue weighted by Crippen LogP contribution is 2.16. The summed E-state index contributed by atoms with van der Waals surface area (Å²) >= 11 is 1.54. The molecule has 0 aliphatic carbocycles. The molecule has 9 heteroatoms. The van der Waals surface area contributed by atoms with Crippen molar-refractivity contribution in [3.05, 3.63) is 24.3 Å². The standard InChI is InChI=1S/C13H19N3O4S2/c1-21-7-6-11(16-13(14)18)12(17)15-9-4-3-5-10(8-9)22(2,19)20/h3-5,8,11H,6-7H2,1-2H3,(H,15,17)(H3,14,16,18)/t11-/m0/s1. The van der Waals surface area contributed by atoms with E-state index in [0.29, 0.717) is 17.9 Å². The van der Waals surface area contributed by atoms with Crippen LogP contribution in [0.4, 0.5) is 10.5 Å². The Hall–Kier alpha value is -1.74. The highest BCUT2D eigenvalue weighted by Gasteiger charge is 2.20. The Morgan fingerprint density at radius 3 is 2.59 bits per heavy atom. The summed E-state index contributed by atoms with van der Waals surface area (Å²) < 4.78 is 23.0. The monoisotopic (exact) mass is 345 g/mol. The number of rotatable bonds is 7. The fourth-order valence-corrected chi connectivity index (χ4v) is 2.85. The minimum atomic E-state index is -3.36. The zero-order valence-corrected chi connectivity index (χ0v) is 14.0. The molecule has 0 heterocycles. The van der Waals surface area contributed by atoms with Crippen LogP contribution in [0.5, 0.6) is 0 Å². The van der Waals surface area contributed by atoms with Crippen LogP contribution in [0.2, 0.25) is 0 Å². The van der Waals surface area contributed by atoms with E-state index in [0.717, 1.165) is 6.26 Å². The smallest absolute Gasteiger partial charge is 0.312 e. The van der Waals surface area contributed by atoms with Crippen molar-refractivity contribution < 1.29 is 18.0 Å². The van der Waals surface area contributed by atoms with Gasteiger partial charge in [-0.1, -0.05) is 6.07 Å². The maximum absolute atomic E-state index is 12.2. The molecule has 0 fully saturated rings. The number of anilines is 1. The Bertz CT molecular complexity index is 646. The summed E-state index contributed by atoms with van der Waals surface area (Å²) in [5.74, 6) is 0.223. The van der Waals surface area contributed by atoms with E-state index in [4.69, 9.17) is 5.73 Å². The molecule has 0 aromatic heterocycles. The summed E-state index contributed by atoms with van der Waals surface area (Å²) in [6.45, 7) is 0. The van der Waals surface area contributed by atoms with E-state index >= 15 is 0 Å². The molecule has 0 saturated heterocycles. The van der Waals surface area contributed by atoms with E-state index in [2.05, 4.69) is 10.6 Å². The van der Waals surface area contributed by atoms with Crippen molar-refractivity contribution in [2.75, 3.05) is 23.6 Å². The Morgan fingerprint density at radius 1 is 1.36 bits per heavy atom. The summed E-state index contributed by atoms with van der Waals surface area (Å²) in [7, 11) is -3.36. The number of hydrogen-bond donors (Lipinski definition) is 3. The van der Waals surface area contributed by atoms with Crippen LogP contribution in [-0.4, -0.2) is 44.7 Å². The van der Waals surface area contributed by atoms with Gasteiger partial charge in [0.05, 0.1) is 4.90 Å². The van der Waals surface area contributed by atoms with E-state index in [-0.39, 0.29) is 4.90 Å². The summed E-state index contributed by atoms with van der Waals surface area (Å²) in [5, 5.41) is 4.96. The molecule has 122 valence electrons. The van der Waals surface area contributed by atoms with Crippen LogP contribution < -0.4 is 16.4 Å². The van der Waals surface area contributed by atoms with Crippen LogP contribution in [0.15, 0.2) is 29.2 Å². The molecular formula is C13H19N3O4S2. The first-order chi connectivity index (χ1) is 10.2. The Balaban J connectivity index is 2.86. The number of benzene rings is 1. The van der Waals surface area contributed by atoms with Gasteiger partial charge in [-0.25, -0.2) is 13.2 Å². The lowest BCUT2D eigenvalue weighted by Crippen LogP contribution is -2.46. The van der Waals surface area contributed by atoms with Gasteiger partial charge in [-0.05, 0) is 36.6 Å². The molecule has 0 saturated carbocycles. The van der Waals surface area contributed by atoms with Gasteiger partial charge in [-0.3, -0.25) is 4.79 Å². The number of sulfone groups is 1. The molecule has 0 aliphatic rings. The average Bonchev–Trinajstić information content (AvgIpc) is 2.42. The number of thioether (sulfide) groups is 1. The highest BCUT2D eigenvalue weighted by molar-refractivity contribution is 7.98. The fourth-order valence-electron chi connectivity index (χ4n) is 1.71. The van der Waals surface area contributed by atoms with E-state index in [1.807, 2.05) is 6.26 Å². The molecule has 3 amide bonds. The largest absolute Gasteiger partial charge is 0.352 e. The zero-order chi connectivity index (χ0) is 16.8. The van der Waals surface area contributed by atoms with Gasteiger partial charge in [-0.15, -0.1) is 0 Å². The van der Waals surface area contributed by atoms with Gasteiger partial charge < -0.3 is 16.4 Å². The average molecular weight is 345 g/mol. The molecule has 1 atom stereocenters. The molecular weight excluding hydrogens is 326 g/mol. The summed E-state index contributed by atoms with van der Waals surface area (Å²) in [4.78, 5) is 23.2. The summed E-state index contributed by atoms with van der Waals surface area (Å²) in [6.07, 6.45) is 3.39. The molecule has 0 bridgehead atoms. The summed E-state index contributed by atoms with van der Waals surface area (Å²) in [6, 6.07) is 4.35. The second-order valence-corrected chi connectivity index (χ2v) is 7.63. The Morgan fingerprint density at radius 2 is 2.05 bits per heavy atom. The van der Waals surface area contributed by atoms with Crippen LogP contribution in [0.25, 0.3) is 0 Å². The minimum Gasteiger partial charge on any atom is -0.352 e. The summed E-state index contributed by atoms with van der Waals surface area (Å²) in [5.41, 5.74) is 5.40. The molecule has 1 aromatic carbocycles. The van der Waals surface area contributed by atoms with Gasteiger partial charge in [0.2, 0.25) is 5.91 Å². The van der Waals surface area contributed by atoms with Crippen LogP contribution in [0.1, 0.15) is 6.42 Å². The van der Waals surface area contributed by atoms with Gasteiger partial charge in [0.15, 0.2) is 9.84 Å². The van der Waals surface area contributed by atoms with Gasteiger partial charge >= 0.3 is 6.03 Å². The van der Waals surface area contributed by atoms with Crippen molar-refractivity contribution in [1.82, 2.24) is 5.32 Å². The van der Waals surface area contributed by atoms with Crippen molar-refractivity contribution in [1.29, 1.82) is 0 Å². The molecule has 7 nitrogen and oxygen atoms in total. The van der Waals surface area contributed by atoms with E-state index in [1.54, 1.807) is 6.07 Å². The lowest BCUT2D eigenvalue weighted by atomic mass is 10.2.